The monoisotopic (exact) mass is 256 g/mol. The first-order chi connectivity index (χ1) is 8.59. The molecule has 2 amide bonds. The quantitative estimate of drug-likeness (QED) is 0.543. The van der Waals surface area contributed by atoms with Gasteiger partial charge in [-0.1, -0.05) is 12.8 Å². The molecule has 1 unspecified atom stereocenters. The number of carbonyl (C=O) groups excluding carboxylic acids is 2. The van der Waals surface area contributed by atoms with Gasteiger partial charge in [0.2, 0.25) is 11.8 Å². The molecule has 6 heteroatoms. The van der Waals surface area contributed by atoms with Gasteiger partial charge in [-0.05, 0) is 12.8 Å². The summed E-state index contributed by atoms with van der Waals surface area (Å²) < 4.78 is 0. The molecule has 0 aromatic rings. The maximum Gasteiger partial charge on any atom is 0.303 e. The smallest absolute Gasteiger partial charge is 0.303 e. The lowest BCUT2D eigenvalue weighted by Gasteiger charge is -2.08. The van der Waals surface area contributed by atoms with E-state index in [4.69, 9.17) is 5.11 Å². The summed E-state index contributed by atoms with van der Waals surface area (Å²) in [5, 5.41) is 13.9. The van der Waals surface area contributed by atoms with E-state index in [0.29, 0.717) is 19.5 Å². The van der Waals surface area contributed by atoms with Crippen molar-refractivity contribution >= 4 is 17.8 Å². The Morgan fingerprint density at radius 3 is 2.61 bits per heavy atom. The van der Waals surface area contributed by atoms with E-state index in [1.807, 2.05) is 0 Å². The van der Waals surface area contributed by atoms with E-state index in [1.54, 1.807) is 0 Å². The van der Waals surface area contributed by atoms with Crippen molar-refractivity contribution in [2.24, 2.45) is 5.92 Å². The zero-order valence-electron chi connectivity index (χ0n) is 10.4. The summed E-state index contributed by atoms with van der Waals surface area (Å²) in [5.74, 6) is -1.13. The minimum Gasteiger partial charge on any atom is -0.481 e. The van der Waals surface area contributed by atoms with Gasteiger partial charge in [0.25, 0.3) is 0 Å². The second-order valence-corrected chi connectivity index (χ2v) is 4.55. The number of carbonyl (C=O) groups is 3. The van der Waals surface area contributed by atoms with E-state index in [2.05, 4.69) is 10.6 Å². The molecule has 1 heterocycles. The Hall–Kier alpha value is -1.59. The average molecular weight is 256 g/mol. The fourth-order valence-corrected chi connectivity index (χ4v) is 1.90. The second-order valence-electron chi connectivity index (χ2n) is 4.55. The molecular formula is C12H20N2O4. The van der Waals surface area contributed by atoms with Gasteiger partial charge in [0.1, 0.15) is 0 Å². The Labute approximate surface area is 106 Å². The van der Waals surface area contributed by atoms with Crippen LogP contribution in [0.2, 0.25) is 0 Å². The molecule has 0 spiro atoms. The molecular weight excluding hydrogens is 236 g/mol. The first-order valence-corrected chi connectivity index (χ1v) is 6.36. The summed E-state index contributed by atoms with van der Waals surface area (Å²) in [4.78, 5) is 32.8. The highest BCUT2D eigenvalue weighted by Gasteiger charge is 2.27. The van der Waals surface area contributed by atoms with Gasteiger partial charge in [0.05, 0.1) is 5.92 Å². The normalized spacial score (nSPS) is 18.4. The second kappa shape index (κ2) is 7.68. The van der Waals surface area contributed by atoms with Gasteiger partial charge in [-0.2, -0.15) is 0 Å². The lowest BCUT2D eigenvalue weighted by Crippen LogP contribution is -2.32. The summed E-state index contributed by atoms with van der Waals surface area (Å²) in [6.07, 6.45) is 3.80. The molecule has 1 atom stereocenters. The van der Waals surface area contributed by atoms with E-state index in [-0.39, 0.29) is 30.6 Å². The SMILES string of the molecule is O=C(O)CCCCCCNC(=O)C1CNC(=O)C1. The third kappa shape index (κ3) is 5.65. The average Bonchev–Trinajstić information content (AvgIpc) is 2.74. The molecule has 0 aromatic heterocycles. The van der Waals surface area contributed by atoms with Crippen molar-refractivity contribution in [3.8, 4) is 0 Å². The molecule has 0 radical (unpaired) electrons. The predicted octanol–water partition coefficient (Wildman–Crippen LogP) is 0.274. The highest BCUT2D eigenvalue weighted by Crippen LogP contribution is 2.08. The van der Waals surface area contributed by atoms with Crippen LogP contribution in [0.4, 0.5) is 0 Å². The third-order valence-electron chi connectivity index (χ3n) is 2.96. The number of carboxylic acids is 1. The highest BCUT2D eigenvalue weighted by molar-refractivity contribution is 5.89. The molecule has 102 valence electrons. The topological polar surface area (TPSA) is 95.5 Å². The van der Waals surface area contributed by atoms with Crippen LogP contribution in [0.25, 0.3) is 0 Å². The van der Waals surface area contributed by atoms with Gasteiger partial charge in [0.15, 0.2) is 0 Å². The summed E-state index contributed by atoms with van der Waals surface area (Å²) in [5.41, 5.74) is 0. The van der Waals surface area contributed by atoms with Crippen LogP contribution in [-0.2, 0) is 14.4 Å². The predicted molar refractivity (Wildman–Crippen MR) is 64.8 cm³/mol. The number of nitrogens with one attached hydrogen (secondary N) is 2. The fourth-order valence-electron chi connectivity index (χ4n) is 1.90. The van der Waals surface area contributed by atoms with Crippen LogP contribution in [-0.4, -0.2) is 36.0 Å². The minimum absolute atomic E-state index is 0.0659. The van der Waals surface area contributed by atoms with E-state index in [0.717, 1.165) is 19.3 Å². The Kier molecular flexibility index (Phi) is 6.18. The molecule has 1 aliphatic heterocycles. The van der Waals surface area contributed by atoms with Gasteiger partial charge < -0.3 is 15.7 Å². The summed E-state index contributed by atoms with van der Waals surface area (Å²) >= 11 is 0. The standard InChI is InChI=1S/C12H20N2O4/c15-10-7-9(8-14-10)12(18)13-6-4-2-1-3-5-11(16)17/h9H,1-8H2,(H,13,18)(H,14,15)(H,16,17). The highest BCUT2D eigenvalue weighted by atomic mass is 16.4. The van der Waals surface area contributed by atoms with Gasteiger partial charge in [-0.15, -0.1) is 0 Å². The van der Waals surface area contributed by atoms with Crippen LogP contribution in [0.15, 0.2) is 0 Å². The molecule has 0 saturated carbocycles. The van der Waals surface area contributed by atoms with Crippen molar-refractivity contribution < 1.29 is 19.5 Å². The minimum atomic E-state index is -0.762. The summed E-state index contributed by atoms with van der Waals surface area (Å²) in [7, 11) is 0. The van der Waals surface area contributed by atoms with Gasteiger partial charge >= 0.3 is 5.97 Å². The van der Waals surface area contributed by atoms with E-state index in [1.165, 1.54) is 0 Å². The molecule has 3 N–H and O–H groups in total. The third-order valence-corrected chi connectivity index (χ3v) is 2.96. The number of hydrogen-bond donors (Lipinski definition) is 3. The molecule has 1 rings (SSSR count). The Bertz CT molecular complexity index is 317. The lowest BCUT2D eigenvalue weighted by molar-refractivity contribution is -0.137. The van der Waals surface area contributed by atoms with Crippen molar-refractivity contribution in [2.75, 3.05) is 13.1 Å². The maximum atomic E-state index is 11.6. The van der Waals surface area contributed by atoms with Crippen LogP contribution in [0.1, 0.15) is 38.5 Å². The van der Waals surface area contributed by atoms with Gasteiger partial charge in [0, 0.05) is 25.9 Å². The van der Waals surface area contributed by atoms with Crippen molar-refractivity contribution in [3.05, 3.63) is 0 Å². The fraction of sp³-hybridized carbons (Fsp3) is 0.750. The number of aliphatic carboxylic acids is 1. The van der Waals surface area contributed by atoms with E-state index >= 15 is 0 Å². The van der Waals surface area contributed by atoms with E-state index in [9.17, 15) is 14.4 Å². The van der Waals surface area contributed by atoms with Crippen LogP contribution in [0.5, 0.6) is 0 Å². The number of rotatable bonds is 8. The Morgan fingerprint density at radius 2 is 2.00 bits per heavy atom. The molecule has 1 saturated heterocycles. The first-order valence-electron chi connectivity index (χ1n) is 6.36. The molecule has 1 aliphatic rings. The molecule has 6 nitrogen and oxygen atoms in total. The number of carboxylic acid groups (broad SMARTS) is 1. The number of hydrogen-bond acceptors (Lipinski definition) is 3. The number of unbranched alkanes of at least 4 members (excludes halogenated alkanes) is 3. The largest absolute Gasteiger partial charge is 0.481 e. The summed E-state index contributed by atoms with van der Waals surface area (Å²) in [6.45, 7) is 1.03. The van der Waals surface area contributed by atoms with Crippen LogP contribution in [0.3, 0.4) is 0 Å². The molecule has 1 fully saturated rings. The molecule has 0 aliphatic carbocycles. The lowest BCUT2D eigenvalue weighted by atomic mass is 10.1. The van der Waals surface area contributed by atoms with E-state index < -0.39 is 5.97 Å². The zero-order valence-corrected chi connectivity index (χ0v) is 10.4. The van der Waals surface area contributed by atoms with Crippen LogP contribution < -0.4 is 10.6 Å². The first kappa shape index (κ1) is 14.5. The van der Waals surface area contributed by atoms with Gasteiger partial charge in [-0.3, -0.25) is 14.4 Å². The summed E-state index contributed by atoms with van der Waals surface area (Å²) in [6, 6.07) is 0. The molecule has 18 heavy (non-hydrogen) atoms. The van der Waals surface area contributed by atoms with Gasteiger partial charge in [-0.25, -0.2) is 0 Å². The van der Waals surface area contributed by atoms with Crippen molar-refractivity contribution in [1.29, 1.82) is 0 Å². The molecule has 0 bridgehead atoms. The van der Waals surface area contributed by atoms with Crippen LogP contribution >= 0.6 is 0 Å². The zero-order chi connectivity index (χ0) is 13.4. The Balaban J connectivity index is 1.96. The number of amides is 2. The van der Waals surface area contributed by atoms with Crippen molar-refractivity contribution in [2.45, 2.75) is 38.5 Å². The van der Waals surface area contributed by atoms with Crippen LogP contribution in [0, 0.1) is 5.92 Å². The maximum absolute atomic E-state index is 11.6. The van der Waals surface area contributed by atoms with Crippen molar-refractivity contribution in [3.63, 3.8) is 0 Å². The van der Waals surface area contributed by atoms with Crippen molar-refractivity contribution in [1.82, 2.24) is 10.6 Å². The molecule has 0 aromatic carbocycles. The Morgan fingerprint density at radius 1 is 1.28 bits per heavy atom.